The number of hydrogen-bond acceptors (Lipinski definition) is 4. The summed E-state index contributed by atoms with van der Waals surface area (Å²) in [5.41, 5.74) is 1.89. The maximum Gasteiger partial charge on any atom is 0.349 e. The fraction of sp³-hybridized carbons (Fsp3) is 0.294. The highest BCUT2D eigenvalue weighted by Gasteiger charge is 2.19. The number of rotatable bonds is 5. The van der Waals surface area contributed by atoms with Crippen molar-refractivity contribution in [2.24, 2.45) is 0 Å². The zero-order chi connectivity index (χ0) is 16.1. The molecule has 0 spiro atoms. The molecule has 0 fully saturated rings. The van der Waals surface area contributed by atoms with Gasteiger partial charge in [0.1, 0.15) is 4.88 Å². The Labute approximate surface area is 134 Å². The second-order valence-electron chi connectivity index (χ2n) is 5.00. The molecule has 0 bridgehead atoms. The van der Waals surface area contributed by atoms with Crippen LogP contribution in [0.25, 0.3) is 0 Å². The number of ether oxygens (including phenoxy) is 1. The number of hydrogen-bond donors (Lipinski definition) is 1. The van der Waals surface area contributed by atoms with Crippen LogP contribution < -0.4 is 5.32 Å². The molecular formula is C17H19NO3S. The molecular weight excluding hydrogens is 298 g/mol. The zero-order valence-electron chi connectivity index (χ0n) is 12.9. The van der Waals surface area contributed by atoms with E-state index in [2.05, 4.69) is 12.2 Å². The molecule has 0 aliphatic carbocycles. The van der Waals surface area contributed by atoms with Gasteiger partial charge in [0.25, 0.3) is 5.91 Å². The summed E-state index contributed by atoms with van der Waals surface area (Å²) in [4.78, 5) is 25.5. The first-order valence-electron chi connectivity index (χ1n) is 7.17. The van der Waals surface area contributed by atoms with Crippen LogP contribution in [0.15, 0.2) is 36.4 Å². The first kappa shape index (κ1) is 16.2. The summed E-state index contributed by atoms with van der Waals surface area (Å²) in [6, 6.07) is 11.2. The Hall–Kier alpha value is -2.14. The van der Waals surface area contributed by atoms with E-state index in [0.717, 1.165) is 11.3 Å². The van der Waals surface area contributed by atoms with Gasteiger partial charge >= 0.3 is 5.97 Å². The van der Waals surface area contributed by atoms with Crippen LogP contribution in [-0.4, -0.2) is 18.0 Å². The van der Waals surface area contributed by atoms with E-state index in [4.69, 9.17) is 4.74 Å². The third-order valence-electron chi connectivity index (χ3n) is 3.22. The van der Waals surface area contributed by atoms with Crippen molar-refractivity contribution in [3.63, 3.8) is 0 Å². The molecule has 1 amide bonds. The molecule has 0 aliphatic heterocycles. The lowest BCUT2D eigenvalue weighted by Gasteiger charge is -2.13. The van der Waals surface area contributed by atoms with E-state index in [1.807, 2.05) is 37.3 Å². The van der Waals surface area contributed by atoms with E-state index in [9.17, 15) is 9.59 Å². The van der Waals surface area contributed by atoms with Crippen molar-refractivity contribution >= 4 is 28.9 Å². The molecule has 1 heterocycles. The minimum Gasteiger partial charge on any atom is -0.448 e. The topological polar surface area (TPSA) is 55.4 Å². The monoisotopic (exact) mass is 317 g/mol. The molecule has 0 radical (unpaired) electrons. The lowest BCUT2D eigenvalue weighted by atomic mass is 10.1. The van der Waals surface area contributed by atoms with E-state index in [1.54, 1.807) is 13.0 Å². The highest BCUT2D eigenvalue weighted by molar-refractivity contribution is 7.13. The van der Waals surface area contributed by atoms with Gasteiger partial charge in [0.05, 0.1) is 0 Å². The van der Waals surface area contributed by atoms with Crippen molar-refractivity contribution in [3.05, 3.63) is 51.7 Å². The Morgan fingerprint density at radius 1 is 1.18 bits per heavy atom. The molecule has 22 heavy (non-hydrogen) atoms. The van der Waals surface area contributed by atoms with E-state index < -0.39 is 12.1 Å². The maximum absolute atomic E-state index is 12.1. The molecule has 0 saturated heterocycles. The largest absolute Gasteiger partial charge is 0.448 e. The lowest BCUT2D eigenvalue weighted by Crippen LogP contribution is -2.29. The number of benzene rings is 1. The van der Waals surface area contributed by atoms with Crippen molar-refractivity contribution in [1.82, 2.24) is 0 Å². The van der Waals surface area contributed by atoms with Crippen LogP contribution in [0.4, 0.5) is 5.69 Å². The molecule has 0 saturated carbocycles. The van der Waals surface area contributed by atoms with Crippen LogP contribution in [0.1, 0.15) is 34.0 Å². The first-order valence-corrected chi connectivity index (χ1v) is 7.98. The SMILES string of the molecule is CCc1ccc(NC(=O)[C@H](C)OC(=O)c2ccc(C)s2)cc1. The van der Waals surface area contributed by atoms with Crippen LogP contribution in [-0.2, 0) is 16.0 Å². The second kappa shape index (κ2) is 7.22. The smallest absolute Gasteiger partial charge is 0.349 e. The maximum atomic E-state index is 12.1. The van der Waals surface area contributed by atoms with Gasteiger partial charge in [-0.15, -0.1) is 11.3 Å². The Kier molecular flexibility index (Phi) is 5.33. The highest BCUT2D eigenvalue weighted by atomic mass is 32.1. The van der Waals surface area contributed by atoms with E-state index in [0.29, 0.717) is 10.6 Å². The van der Waals surface area contributed by atoms with Crippen LogP contribution in [0.3, 0.4) is 0 Å². The lowest BCUT2D eigenvalue weighted by molar-refractivity contribution is -0.123. The fourth-order valence-electron chi connectivity index (χ4n) is 1.88. The van der Waals surface area contributed by atoms with Crippen molar-refractivity contribution in [2.45, 2.75) is 33.3 Å². The number of nitrogens with one attached hydrogen (secondary N) is 1. The fourth-order valence-corrected chi connectivity index (χ4v) is 2.63. The molecule has 116 valence electrons. The number of aryl methyl sites for hydroxylation is 2. The van der Waals surface area contributed by atoms with E-state index in [1.165, 1.54) is 16.9 Å². The van der Waals surface area contributed by atoms with Gasteiger partial charge in [-0.05, 0) is 50.1 Å². The molecule has 2 aromatic rings. The van der Waals surface area contributed by atoms with Gasteiger partial charge in [0.2, 0.25) is 0 Å². The summed E-state index contributed by atoms with van der Waals surface area (Å²) in [5, 5.41) is 2.74. The van der Waals surface area contributed by atoms with Gasteiger partial charge < -0.3 is 10.1 Å². The Balaban J connectivity index is 1.92. The molecule has 5 heteroatoms. The molecule has 1 N–H and O–H groups in total. The number of amides is 1. The van der Waals surface area contributed by atoms with Crippen LogP contribution >= 0.6 is 11.3 Å². The van der Waals surface area contributed by atoms with Gasteiger partial charge in [0, 0.05) is 10.6 Å². The summed E-state index contributed by atoms with van der Waals surface area (Å²) < 4.78 is 5.19. The summed E-state index contributed by atoms with van der Waals surface area (Å²) in [7, 11) is 0. The van der Waals surface area contributed by atoms with Crippen molar-refractivity contribution in [1.29, 1.82) is 0 Å². The van der Waals surface area contributed by atoms with Crippen molar-refractivity contribution < 1.29 is 14.3 Å². The Morgan fingerprint density at radius 3 is 2.41 bits per heavy atom. The third-order valence-corrected chi connectivity index (χ3v) is 4.21. The first-order chi connectivity index (χ1) is 10.5. The predicted molar refractivity (Wildman–Crippen MR) is 88.4 cm³/mol. The number of carbonyl (C=O) groups is 2. The molecule has 1 aromatic carbocycles. The third kappa shape index (κ3) is 4.18. The minimum atomic E-state index is -0.847. The summed E-state index contributed by atoms with van der Waals surface area (Å²) in [6.07, 6.45) is 0.100. The molecule has 2 rings (SSSR count). The Bertz CT molecular complexity index is 661. The van der Waals surface area contributed by atoms with Crippen LogP contribution in [0.2, 0.25) is 0 Å². The number of thiophene rings is 1. The second-order valence-corrected chi connectivity index (χ2v) is 6.29. The molecule has 4 nitrogen and oxygen atoms in total. The summed E-state index contributed by atoms with van der Waals surface area (Å²) in [5.74, 6) is -0.812. The van der Waals surface area contributed by atoms with Crippen molar-refractivity contribution in [2.75, 3.05) is 5.32 Å². The van der Waals surface area contributed by atoms with Crippen LogP contribution in [0, 0.1) is 6.92 Å². The molecule has 0 aliphatic rings. The molecule has 1 atom stereocenters. The van der Waals surface area contributed by atoms with Gasteiger partial charge in [0.15, 0.2) is 6.10 Å². The zero-order valence-corrected chi connectivity index (χ0v) is 13.7. The summed E-state index contributed by atoms with van der Waals surface area (Å²) >= 11 is 1.35. The molecule has 0 unspecified atom stereocenters. The summed E-state index contributed by atoms with van der Waals surface area (Å²) in [6.45, 7) is 5.55. The van der Waals surface area contributed by atoms with E-state index >= 15 is 0 Å². The minimum absolute atomic E-state index is 0.342. The average Bonchev–Trinajstić information content (AvgIpc) is 2.94. The highest BCUT2D eigenvalue weighted by Crippen LogP contribution is 2.17. The van der Waals surface area contributed by atoms with Gasteiger partial charge in [-0.3, -0.25) is 4.79 Å². The number of esters is 1. The number of anilines is 1. The van der Waals surface area contributed by atoms with Crippen LogP contribution in [0.5, 0.6) is 0 Å². The Morgan fingerprint density at radius 2 is 1.86 bits per heavy atom. The van der Waals surface area contributed by atoms with Gasteiger partial charge in [-0.2, -0.15) is 0 Å². The quantitative estimate of drug-likeness (QED) is 0.853. The standard InChI is InChI=1S/C17H19NO3S/c1-4-13-6-8-14(9-7-13)18-16(19)12(3)21-17(20)15-10-5-11(2)22-15/h5-10,12H,4H2,1-3H3,(H,18,19)/t12-/m0/s1. The van der Waals surface area contributed by atoms with E-state index in [-0.39, 0.29) is 5.91 Å². The molecule has 1 aromatic heterocycles. The number of carbonyl (C=O) groups excluding carboxylic acids is 2. The van der Waals surface area contributed by atoms with Gasteiger partial charge in [-0.25, -0.2) is 4.79 Å². The predicted octanol–water partition coefficient (Wildman–Crippen LogP) is 3.80. The normalized spacial score (nSPS) is 11.8. The average molecular weight is 317 g/mol. The van der Waals surface area contributed by atoms with Gasteiger partial charge in [-0.1, -0.05) is 19.1 Å². The van der Waals surface area contributed by atoms with Crippen molar-refractivity contribution in [3.8, 4) is 0 Å².